The number of halogens is 1. The van der Waals surface area contributed by atoms with Gasteiger partial charge in [-0.2, -0.15) is 0 Å². The summed E-state index contributed by atoms with van der Waals surface area (Å²) in [5.74, 6) is 0.651. The molecule has 0 unspecified atom stereocenters. The van der Waals surface area contributed by atoms with Crippen molar-refractivity contribution in [1.29, 1.82) is 0 Å². The molecule has 1 aliphatic rings. The zero-order valence-corrected chi connectivity index (χ0v) is 19.1. The molecule has 0 saturated heterocycles. The molecule has 0 fully saturated rings. The van der Waals surface area contributed by atoms with Gasteiger partial charge in [-0.05, 0) is 80.0 Å². The Kier molecular flexibility index (Phi) is 6.57. The molecule has 0 radical (unpaired) electrons. The predicted octanol–water partition coefficient (Wildman–Crippen LogP) is 5.50. The molecule has 1 aromatic heterocycles. The summed E-state index contributed by atoms with van der Waals surface area (Å²) in [6.45, 7) is 4.19. The molecule has 4 rings (SSSR count). The van der Waals surface area contributed by atoms with Crippen LogP contribution in [0.4, 0.5) is 15.1 Å². The molecule has 166 valence electrons. The van der Waals surface area contributed by atoms with E-state index in [-0.39, 0.29) is 24.3 Å². The SMILES string of the molecule is CCOC(=O)c1c(NC(=S)Nc2ccc(F)cc2)sc(C)c1Cc1ccc2c(c1)OCO2. The smallest absolute Gasteiger partial charge is 0.341 e. The second-order valence-corrected chi connectivity index (χ2v) is 8.64. The lowest BCUT2D eigenvalue weighted by atomic mass is 10.0. The number of benzene rings is 2. The number of thiocarbonyl (C=S) groups is 1. The first-order valence-corrected chi connectivity index (χ1v) is 11.2. The zero-order chi connectivity index (χ0) is 22.7. The number of anilines is 2. The maximum Gasteiger partial charge on any atom is 0.341 e. The minimum absolute atomic E-state index is 0.205. The number of nitrogens with one attached hydrogen (secondary N) is 2. The van der Waals surface area contributed by atoms with E-state index in [1.165, 1.54) is 23.5 Å². The average molecular weight is 473 g/mol. The Hall–Kier alpha value is -3.17. The van der Waals surface area contributed by atoms with Gasteiger partial charge in [-0.15, -0.1) is 11.3 Å². The monoisotopic (exact) mass is 472 g/mol. The highest BCUT2D eigenvalue weighted by molar-refractivity contribution is 7.80. The van der Waals surface area contributed by atoms with Gasteiger partial charge in [0.25, 0.3) is 0 Å². The van der Waals surface area contributed by atoms with Gasteiger partial charge in [0.1, 0.15) is 10.8 Å². The highest BCUT2D eigenvalue weighted by Crippen LogP contribution is 2.38. The summed E-state index contributed by atoms with van der Waals surface area (Å²) >= 11 is 6.83. The number of fused-ring (bicyclic) bond motifs is 1. The van der Waals surface area contributed by atoms with Crippen molar-refractivity contribution in [3.05, 3.63) is 69.8 Å². The fourth-order valence-electron chi connectivity index (χ4n) is 3.35. The number of hydrogen-bond donors (Lipinski definition) is 2. The van der Waals surface area contributed by atoms with E-state index in [0.717, 1.165) is 16.0 Å². The molecule has 2 aromatic carbocycles. The van der Waals surface area contributed by atoms with Crippen molar-refractivity contribution in [3.8, 4) is 11.5 Å². The van der Waals surface area contributed by atoms with Crippen molar-refractivity contribution < 1.29 is 23.4 Å². The third-order valence-corrected chi connectivity index (χ3v) is 6.10. The molecule has 0 spiro atoms. The number of hydrogen-bond acceptors (Lipinski definition) is 6. The van der Waals surface area contributed by atoms with Gasteiger partial charge in [0.15, 0.2) is 16.6 Å². The van der Waals surface area contributed by atoms with Gasteiger partial charge in [0.05, 0.1) is 12.2 Å². The van der Waals surface area contributed by atoms with Crippen LogP contribution in [0, 0.1) is 12.7 Å². The lowest BCUT2D eigenvalue weighted by molar-refractivity contribution is 0.0527. The van der Waals surface area contributed by atoms with Gasteiger partial charge in [0, 0.05) is 10.6 Å². The summed E-state index contributed by atoms with van der Waals surface area (Å²) in [6, 6.07) is 11.6. The first-order chi connectivity index (χ1) is 15.4. The quantitative estimate of drug-likeness (QED) is 0.363. The summed E-state index contributed by atoms with van der Waals surface area (Å²) < 4.78 is 29.3. The average Bonchev–Trinajstić information content (AvgIpc) is 3.34. The van der Waals surface area contributed by atoms with Crippen molar-refractivity contribution in [2.24, 2.45) is 0 Å². The van der Waals surface area contributed by atoms with Crippen LogP contribution >= 0.6 is 23.6 Å². The third kappa shape index (κ3) is 4.84. The van der Waals surface area contributed by atoms with Crippen LogP contribution in [0.3, 0.4) is 0 Å². The number of carbonyl (C=O) groups excluding carboxylic acids is 1. The molecule has 0 aliphatic carbocycles. The van der Waals surface area contributed by atoms with Crippen LogP contribution in [0.25, 0.3) is 0 Å². The fourth-order valence-corrected chi connectivity index (χ4v) is 4.70. The van der Waals surface area contributed by atoms with E-state index in [0.29, 0.717) is 34.2 Å². The molecule has 0 saturated carbocycles. The molecule has 6 nitrogen and oxygen atoms in total. The first kappa shape index (κ1) is 22.0. The Balaban J connectivity index is 1.60. The zero-order valence-electron chi connectivity index (χ0n) is 17.5. The molecule has 0 amide bonds. The topological polar surface area (TPSA) is 68.8 Å². The number of ether oxygens (including phenoxy) is 3. The number of carbonyl (C=O) groups is 1. The van der Waals surface area contributed by atoms with E-state index in [1.54, 1.807) is 19.1 Å². The van der Waals surface area contributed by atoms with Crippen LogP contribution in [-0.4, -0.2) is 24.5 Å². The minimum Gasteiger partial charge on any atom is -0.462 e. The van der Waals surface area contributed by atoms with Crippen molar-refractivity contribution in [1.82, 2.24) is 0 Å². The molecule has 1 aliphatic heterocycles. The van der Waals surface area contributed by atoms with Crippen LogP contribution < -0.4 is 20.1 Å². The second-order valence-electron chi connectivity index (χ2n) is 7.01. The van der Waals surface area contributed by atoms with E-state index in [4.69, 9.17) is 26.4 Å². The number of aryl methyl sites for hydroxylation is 1. The van der Waals surface area contributed by atoms with E-state index >= 15 is 0 Å². The number of esters is 1. The molecular formula is C23H21FN2O4S2. The van der Waals surface area contributed by atoms with Gasteiger partial charge < -0.3 is 24.8 Å². The van der Waals surface area contributed by atoms with Gasteiger partial charge >= 0.3 is 5.97 Å². The highest BCUT2D eigenvalue weighted by atomic mass is 32.1. The highest BCUT2D eigenvalue weighted by Gasteiger charge is 2.25. The van der Waals surface area contributed by atoms with Crippen molar-refractivity contribution in [2.75, 3.05) is 24.0 Å². The van der Waals surface area contributed by atoms with Gasteiger partial charge in [-0.3, -0.25) is 0 Å². The molecule has 2 heterocycles. The predicted molar refractivity (Wildman–Crippen MR) is 127 cm³/mol. The van der Waals surface area contributed by atoms with E-state index in [1.807, 2.05) is 25.1 Å². The minimum atomic E-state index is -0.417. The maximum atomic E-state index is 13.1. The molecule has 0 bridgehead atoms. The van der Waals surface area contributed by atoms with Gasteiger partial charge in [0.2, 0.25) is 6.79 Å². The Morgan fingerprint density at radius 3 is 2.66 bits per heavy atom. The molecule has 9 heteroatoms. The molecule has 3 aromatic rings. The number of thiophene rings is 1. The van der Waals surface area contributed by atoms with Crippen molar-refractivity contribution in [2.45, 2.75) is 20.3 Å². The normalized spacial score (nSPS) is 11.8. The maximum absolute atomic E-state index is 13.1. The Morgan fingerprint density at radius 1 is 1.16 bits per heavy atom. The Morgan fingerprint density at radius 2 is 1.91 bits per heavy atom. The van der Waals surface area contributed by atoms with Crippen LogP contribution in [-0.2, 0) is 11.2 Å². The lowest BCUT2D eigenvalue weighted by Crippen LogP contribution is -2.20. The fraction of sp³-hybridized carbons (Fsp3) is 0.217. The standard InChI is InChI=1S/C23H21FN2O4S2/c1-3-28-22(27)20-17(10-14-4-9-18-19(11-14)30-12-29-18)13(2)32-21(20)26-23(31)25-16-7-5-15(24)6-8-16/h4-9,11H,3,10,12H2,1-2H3,(H2,25,26,31). The summed E-state index contributed by atoms with van der Waals surface area (Å²) in [6.07, 6.45) is 0.521. The molecule has 32 heavy (non-hydrogen) atoms. The van der Waals surface area contributed by atoms with Crippen LogP contribution in [0.15, 0.2) is 42.5 Å². The van der Waals surface area contributed by atoms with Crippen LogP contribution in [0.1, 0.15) is 33.3 Å². The summed E-state index contributed by atoms with van der Waals surface area (Å²) in [7, 11) is 0. The van der Waals surface area contributed by atoms with Crippen molar-refractivity contribution in [3.63, 3.8) is 0 Å². The summed E-state index contributed by atoms with van der Waals surface area (Å²) in [5, 5.41) is 6.99. The van der Waals surface area contributed by atoms with Gasteiger partial charge in [-0.25, -0.2) is 9.18 Å². The molecule has 2 N–H and O–H groups in total. The Bertz CT molecular complexity index is 1160. The van der Waals surface area contributed by atoms with E-state index in [9.17, 15) is 9.18 Å². The summed E-state index contributed by atoms with van der Waals surface area (Å²) in [4.78, 5) is 13.8. The van der Waals surface area contributed by atoms with Crippen LogP contribution in [0.2, 0.25) is 0 Å². The summed E-state index contributed by atoms with van der Waals surface area (Å²) in [5.41, 5.74) is 2.93. The van der Waals surface area contributed by atoms with E-state index in [2.05, 4.69) is 10.6 Å². The first-order valence-electron chi connectivity index (χ1n) is 9.96. The third-order valence-electron chi connectivity index (χ3n) is 4.84. The molecule has 0 atom stereocenters. The Labute approximate surface area is 194 Å². The second kappa shape index (κ2) is 9.54. The molecular weight excluding hydrogens is 451 g/mol. The van der Waals surface area contributed by atoms with Crippen molar-refractivity contribution >= 4 is 45.3 Å². The van der Waals surface area contributed by atoms with E-state index < -0.39 is 5.97 Å². The number of rotatable bonds is 6. The largest absolute Gasteiger partial charge is 0.462 e. The van der Waals surface area contributed by atoms with Gasteiger partial charge in [-0.1, -0.05) is 6.07 Å². The van der Waals surface area contributed by atoms with Crippen LogP contribution in [0.5, 0.6) is 11.5 Å². The lowest BCUT2D eigenvalue weighted by Gasteiger charge is -2.12.